The average molecular weight is 232 g/mol. The van der Waals surface area contributed by atoms with Gasteiger partial charge in [0.25, 0.3) is 0 Å². The van der Waals surface area contributed by atoms with Crippen molar-refractivity contribution in [3.63, 3.8) is 0 Å². The van der Waals surface area contributed by atoms with Crippen LogP contribution < -0.4 is 10.1 Å². The monoisotopic (exact) mass is 232 g/mol. The van der Waals surface area contributed by atoms with Gasteiger partial charge in [0.2, 0.25) is 0 Å². The first-order valence-corrected chi connectivity index (χ1v) is 6.00. The summed E-state index contributed by atoms with van der Waals surface area (Å²) in [5.41, 5.74) is 1.69. The van der Waals surface area contributed by atoms with Gasteiger partial charge in [-0.15, -0.1) is 0 Å². The van der Waals surface area contributed by atoms with E-state index in [9.17, 15) is 0 Å². The number of ether oxygens (including phenoxy) is 1. The Morgan fingerprint density at radius 2 is 2.18 bits per heavy atom. The molecule has 17 heavy (non-hydrogen) atoms. The van der Waals surface area contributed by atoms with Gasteiger partial charge in [-0.25, -0.2) is 0 Å². The summed E-state index contributed by atoms with van der Waals surface area (Å²) in [7, 11) is 0. The highest BCUT2D eigenvalue weighted by Crippen LogP contribution is 2.18. The van der Waals surface area contributed by atoms with Crippen molar-refractivity contribution in [2.75, 3.05) is 13.2 Å². The molecule has 0 amide bonds. The van der Waals surface area contributed by atoms with Crippen LogP contribution in [-0.2, 0) is 0 Å². The fourth-order valence-electron chi connectivity index (χ4n) is 1.50. The van der Waals surface area contributed by atoms with Crippen molar-refractivity contribution in [3.8, 4) is 11.8 Å². The van der Waals surface area contributed by atoms with Crippen LogP contribution in [0.15, 0.2) is 18.2 Å². The first-order valence-electron chi connectivity index (χ1n) is 6.00. The summed E-state index contributed by atoms with van der Waals surface area (Å²) in [5, 5.41) is 12.3. The summed E-state index contributed by atoms with van der Waals surface area (Å²) in [5.74, 6) is 0.683. The van der Waals surface area contributed by atoms with Gasteiger partial charge < -0.3 is 10.1 Å². The SMILES string of the molecule is Cc1ccc(OCCCNC(C)C)c(C#N)c1. The van der Waals surface area contributed by atoms with Crippen molar-refractivity contribution >= 4 is 0 Å². The standard InChI is InChI=1S/C14H20N2O/c1-11(2)16-7-4-8-17-14-6-5-12(3)9-13(14)10-15/h5-6,9,11,16H,4,7-8H2,1-3H3. The molecule has 0 radical (unpaired) electrons. The molecule has 0 aliphatic carbocycles. The van der Waals surface area contributed by atoms with E-state index in [1.165, 1.54) is 0 Å². The summed E-state index contributed by atoms with van der Waals surface area (Å²) in [6.07, 6.45) is 0.941. The van der Waals surface area contributed by atoms with Crippen LogP contribution in [0.1, 0.15) is 31.4 Å². The van der Waals surface area contributed by atoms with Crippen molar-refractivity contribution in [1.82, 2.24) is 5.32 Å². The first-order chi connectivity index (χ1) is 8.13. The Balaban J connectivity index is 2.39. The van der Waals surface area contributed by atoms with E-state index in [0.29, 0.717) is 24.0 Å². The van der Waals surface area contributed by atoms with E-state index in [0.717, 1.165) is 18.5 Å². The second-order valence-corrected chi connectivity index (χ2v) is 4.42. The Kier molecular flexibility index (Phi) is 5.51. The van der Waals surface area contributed by atoms with E-state index in [1.54, 1.807) is 0 Å². The molecule has 0 heterocycles. The molecule has 1 aromatic carbocycles. The predicted octanol–water partition coefficient (Wildman–Crippen LogP) is 2.63. The quantitative estimate of drug-likeness (QED) is 0.767. The van der Waals surface area contributed by atoms with E-state index in [2.05, 4.69) is 25.2 Å². The Hall–Kier alpha value is -1.53. The number of nitriles is 1. The highest BCUT2D eigenvalue weighted by molar-refractivity contribution is 5.45. The topological polar surface area (TPSA) is 45.0 Å². The fraction of sp³-hybridized carbons (Fsp3) is 0.500. The van der Waals surface area contributed by atoms with Crippen molar-refractivity contribution < 1.29 is 4.74 Å². The second kappa shape index (κ2) is 6.93. The van der Waals surface area contributed by atoms with Crippen LogP contribution >= 0.6 is 0 Å². The van der Waals surface area contributed by atoms with Crippen LogP contribution in [-0.4, -0.2) is 19.2 Å². The van der Waals surface area contributed by atoms with Gasteiger partial charge in [-0.05, 0) is 37.6 Å². The molecule has 0 saturated carbocycles. The van der Waals surface area contributed by atoms with Crippen molar-refractivity contribution in [3.05, 3.63) is 29.3 Å². The minimum atomic E-state index is 0.504. The van der Waals surface area contributed by atoms with Crippen LogP contribution in [0.2, 0.25) is 0 Å². The molecule has 3 nitrogen and oxygen atoms in total. The minimum Gasteiger partial charge on any atom is -0.492 e. The van der Waals surface area contributed by atoms with Gasteiger partial charge in [0, 0.05) is 6.04 Å². The molecule has 0 saturated heterocycles. The third-order valence-corrected chi connectivity index (χ3v) is 2.39. The Morgan fingerprint density at radius 1 is 1.41 bits per heavy atom. The van der Waals surface area contributed by atoms with Crippen molar-refractivity contribution in [2.24, 2.45) is 0 Å². The summed E-state index contributed by atoms with van der Waals surface area (Å²) in [6.45, 7) is 7.78. The molecule has 0 aliphatic rings. The highest BCUT2D eigenvalue weighted by Gasteiger charge is 2.02. The second-order valence-electron chi connectivity index (χ2n) is 4.42. The Bertz CT molecular complexity index is 394. The molecule has 0 spiro atoms. The van der Waals surface area contributed by atoms with Crippen molar-refractivity contribution in [1.29, 1.82) is 5.26 Å². The maximum atomic E-state index is 8.98. The largest absolute Gasteiger partial charge is 0.492 e. The highest BCUT2D eigenvalue weighted by atomic mass is 16.5. The van der Waals surface area contributed by atoms with E-state index < -0.39 is 0 Å². The average Bonchev–Trinajstić information content (AvgIpc) is 2.29. The number of rotatable bonds is 6. The summed E-state index contributed by atoms with van der Waals surface area (Å²) in [4.78, 5) is 0. The number of nitrogens with zero attached hydrogens (tertiary/aromatic N) is 1. The molecule has 0 fully saturated rings. The molecule has 1 rings (SSSR count). The molecule has 0 aliphatic heterocycles. The van der Waals surface area contributed by atoms with Gasteiger partial charge >= 0.3 is 0 Å². The van der Waals surface area contributed by atoms with Crippen molar-refractivity contribution in [2.45, 2.75) is 33.2 Å². The van der Waals surface area contributed by atoms with Crippen LogP contribution in [0.25, 0.3) is 0 Å². The number of nitrogens with one attached hydrogen (secondary N) is 1. The smallest absolute Gasteiger partial charge is 0.137 e. The maximum absolute atomic E-state index is 8.98. The summed E-state index contributed by atoms with van der Waals surface area (Å²) in [6, 6.07) is 8.33. The lowest BCUT2D eigenvalue weighted by Crippen LogP contribution is -2.24. The maximum Gasteiger partial charge on any atom is 0.137 e. The number of hydrogen-bond donors (Lipinski definition) is 1. The zero-order valence-corrected chi connectivity index (χ0v) is 10.8. The molecule has 0 aromatic heterocycles. The third kappa shape index (κ3) is 4.88. The van der Waals surface area contributed by atoms with Crippen LogP contribution in [0.3, 0.4) is 0 Å². The molecule has 0 unspecified atom stereocenters. The summed E-state index contributed by atoms with van der Waals surface area (Å²) < 4.78 is 5.60. The zero-order valence-electron chi connectivity index (χ0n) is 10.8. The number of aryl methyl sites for hydroxylation is 1. The molecular formula is C14H20N2O. The number of hydrogen-bond acceptors (Lipinski definition) is 3. The summed E-state index contributed by atoms with van der Waals surface area (Å²) >= 11 is 0. The van der Waals surface area contributed by atoms with E-state index in [-0.39, 0.29) is 0 Å². The third-order valence-electron chi connectivity index (χ3n) is 2.39. The molecular weight excluding hydrogens is 212 g/mol. The lowest BCUT2D eigenvalue weighted by molar-refractivity contribution is 0.305. The Labute approximate surface area is 103 Å². The van der Waals surface area contributed by atoms with Gasteiger partial charge in [0.05, 0.1) is 12.2 Å². The van der Waals surface area contributed by atoms with Gasteiger partial charge in [-0.2, -0.15) is 5.26 Å². The van der Waals surface area contributed by atoms with Crippen LogP contribution in [0.4, 0.5) is 0 Å². The molecule has 0 bridgehead atoms. The first kappa shape index (κ1) is 13.5. The lowest BCUT2D eigenvalue weighted by atomic mass is 10.1. The van der Waals surface area contributed by atoms with Gasteiger partial charge in [-0.1, -0.05) is 19.9 Å². The molecule has 3 heteroatoms. The van der Waals surface area contributed by atoms with E-state index >= 15 is 0 Å². The molecule has 1 aromatic rings. The van der Waals surface area contributed by atoms with Crippen LogP contribution in [0, 0.1) is 18.3 Å². The normalized spacial score (nSPS) is 10.3. The molecule has 1 N–H and O–H groups in total. The van der Waals surface area contributed by atoms with Gasteiger partial charge in [-0.3, -0.25) is 0 Å². The van der Waals surface area contributed by atoms with Gasteiger partial charge in [0.15, 0.2) is 0 Å². The zero-order chi connectivity index (χ0) is 12.7. The molecule has 0 atom stereocenters. The van der Waals surface area contributed by atoms with Crippen LogP contribution in [0.5, 0.6) is 5.75 Å². The Morgan fingerprint density at radius 3 is 2.82 bits per heavy atom. The lowest BCUT2D eigenvalue weighted by Gasteiger charge is -2.10. The number of benzene rings is 1. The fourth-order valence-corrected chi connectivity index (χ4v) is 1.50. The predicted molar refractivity (Wildman–Crippen MR) is 69.1 cm³/mol. The van der Waals surface area contributed by atoms with E-state index in [1.807, 2.05) is 25.1 Å². The minimum absolute atomic E-state index is 0.504. The molecule has 92 valence electrons. The van der Waals surface area contributed by atoms with Gasteiger partial charge in [0.1, 0.15) is 11.8 Å². The van der Waals surface area contributed by atoms with E-state index in [4.69, 9.17) is 10.00 Å².